The lowest BCUT2D eigenvalue weighted by atomic mass is 9.84. The molecule has 0 spiro atoms. The topological polar surface area (TPSA) is 12.0 Å². The Labute approximate surface area is 76.2 Å². The van der Waals surface area contributed by atoms with E-state index in [2.05, 4.69) is 45.3 Å². The van der Waals surface area contributed by atoms with Crippen molar-refractivity contribution in [3.63, 3.8) is 0 Å². The van der Waals surface area contributed by atoms with E-state index >= 15 is 0 Å². The molecule has 0 fully saturated rings. The average Bonchev–Trinajstić information content (AvgIpc) is 2.14. The Balaban J connectivity index is 2.70. The molecule has 3 unspecified atom stereocenters. The minimum absolute atomic E-state index is 0.676. The largest absolute Gasteiger partial charge is 0.316 e. The molecule has 0 aromatic carbocycles. The fourth-order valence-corrected chi connectivity index (χ4v) is 2.22. The highest BCUT2D eigenvalue weighted by Crippen LogP contribution is 2.27. The summed E-state index contributed by atoms with van der Waals surface area (Å²) in [7, 11) is 2.08. The standard InChI is InChI=1S/C11H21N/c1-8-6-5-7-9(2)11(12-4)10(8)3/h5-6,8-12H,7H2,1-4H3/t8-,9?,10?,11?/m0/s1. The van der Waals surface area contributed by atoms with Gasteiger partial charge in [0.05, 0.1) is 0 Å². The van der Waals surface area contributed by atoms with Gasteiger partial charge in [-0.05, 0) is 31.2 Å². The van der Waals surface area contributed by atoms with Crippen LogP contribution < -0.4 is 5.32 Å². The first-order chi connectivity index (χ1) is 5.66. The van der Waals surface area contributed by atoms with Gasteiger partial charge < -0.3 is 5.32 Å². The smallest absolute Gasteiger partial charge is 0.0124 e. The quantitative estimate of drug-likeness (QED) is 0.591. The zero-order chi connectivity index (χ0) is 9.14. The Morgan fingerprint density at radius 3 is 2.50 bits per heavy atom. The maximum Gasteiger partial charge on any atom is 0.0124 e. The van der Waals surface area contributed by atoms with E-state index in [1.54, 1.807) is 0 Å². The fourth-order valence-electron chi connectivity index (χ4n) is 2.22. The lowest BCUT2D eigenvalue weighted by Crippen LogP contribution is -2.39. The molecule has 1 nitrogen and oxygen atoms in total. The molecule has 0 radical (unpaired) electrons. The van der Waals surface area contributed by atoms with Crippen molar-refractivity contribution in [3.05, 3.63) is 12.2 Å². The zero-order valence-corrected chi connectivity index (χ0v) is 8.67. The molecule has 1 aliphatic carbocycles. The van der Waals surface area contributed by atoms with Crippen molar-refractivity contribution < 1.29 is 0 Å². The van der Waals surface area contributed by atoms with E-state index in [9.17, 15) is 0 Å². The summed E-state index contributed by atoms with van der Waals surface area (Å²) in [5.74, 6) is 2.24. The van der Waals surface area contributed by atoms with Crippen LogP contribution in [0.2, 0.25) is 0 Å². The van der Waals surface area contributed by atoms with Crippen molar-refractivity contribution in [3.8, 4) is 0 Å². The van der Waals surface area contributed by atoms with Gasteiger partial charge in [0, 0.05) is 6.04 Å². The Morgan fingerprint density at radius 1 is 1.25 bits per heavy atom. The fraction of sp³-hybridized carbons (Fsp3) is 0.818. The number of hydrogen-bond acceptors (Lipinski definition) is 1. The van der Waals surface area contributed by atoms with Crippen molar-refractivity contribution in [2.24, 2.45) is 17.8 Å². The van der Waals surface area contributed by atoms with Crippen LogP contribution in [0.3, 0.4) is 0 Å². The molecule has 0 saturated heterocycles. The van der Waals surface area contributed by atoms with Gasteiger partial charge in [-0.15, -0.1) is 0 Å². The Bertz CT molecular complexity index is 162. The van der Waals surface area contributed by atoms with Gasteiger partial charge in [-0.1, -0.05) is 32.9 Å². The van der Waals surface area contributed by atoms with E-state index in [0.717, 1.165) is 11.8 Å². The molecule has 0 saturated carbocycles. The molecule has 1 rings (SSSR count). The summed E-state index contributed by atoms with van der Waals surface area (Å²) in [5.41, 5.74) is 0. The molecular formula is C11H21N. The molecule has 0 bridgehead atoms. The van der Waals surface area contributed by atoms with Gasteiger partial charge >= 0.3 is 0 Å². The molecule has 12 heavy (non-hydrogen) atoms. The lowest BCUT2D eigenvalue weighted by molar-refractivity contribution is 0.270. The summed E-state index contributed by atoms with van der Waals surface area (Å²) in [6, 6.07) is 0.676. The predicted molar refractivity (Wildman–Crippen MR) is 54.1 cm³/mol. The van der Waals surface area contributed by atoms with Crippen LogP contribution in [-0.2, 0) is 0 Å². The second-order valence-corrected chi connectivity index (χ2v) is 4.17. The number of rotatable bonds is 1. The minimum Gasteiger partial charge on any atom is -0.316 e. The highest BCUT2D eigenvalue weighted by atomic mass is 14.9. The molecule has 1 heteroatoms. The molecule has 4 atom stereocenters. The van der Waals surface area contributed by atoms with Crippen LogP contribution in [-0.4, -0.2) is 13.1 Å². The molecular weight excluding hydrogens is 146 g/mol. The summed E-state index contributed by atoms with van der Waals surface area (Å²) in [6.45, 7) is 6.99. The third kappa shape index (κ3) is 1.89. The molecule has 1 N–H and O–H groups in total. The molecule has 0 aromatic rings. The van der Waals surface area contributed by atoms with Gasteiger partial charge in [-0.3, -0.25) is 0 Å². The van der Waals surface area contributed by atoms with Crippen LogP contribution in [0, 0.1) is 17.8 Å². The van der Waals surface area contributed by atoms with Crippen molar-refractivity contribution in [2.45, 2.75) is 33.2 Å². The second kappa shape index (κ2) is 4.08. The van der Waals surface area contributed by atoms with Crippen LogP contribution in [0.5, 0.6) is 0 Å². The summed E-state index contributed by atoms with van der Waals surface area (Å²) >= 11 is 0. The summed E-state index contributed by atoms with van der Waals surface area (Å²) in [6.07, 6.45) is 5.92. The molecule has 0 amide bonds. The number of hydrogen-bond donors (Lipinski definition) is 1. The first kappa shape index (κ1) is 9.79. The van der Waals surface area contributed by atoms with Gasteiger partial charge in [0.1, 0.15) is 0 Å². The van der Waals surface area contributed by atoms with E-state index in [-0.39, 0.29) is 0 Å². The summed E-state index contributed by atoms with van der Waals surface area (Å²) < 4.78 is 0. The average molecular weight is 167 g/mol. The Kier molecular flexibility index (Phi) is 3.33. The Morgan fingerprint density at radius 2 is 1.92 bits per heavy atom. The van der Waals surface area contributed by atoms with Crippen LogP contribution >= 0.6 is 0 Å². The molecule has 0 heterocycles. The highest BCUT2D eigenvalue weighted by Gasteiger charge is 2.26. The van der Waals surface area contributed by atoms with E-state index in [4.69, 9.17) is 0 Å². The molecule has 0 aromatic heterocycles. The Hall–Kier alpha value is -0.300. The maximum absolute atomic E-state index is 3.43. The number of nitrogens with one attached hydrogen (secondary N) is 1. The predicted octanol–water partition coefficient (Wildman–Crippen LogP) is 2.44. The normalized spacial score (nSPS) is 42.7. The van der Waals surface area contributed by atoms with Crippen LogP contribution in [0.4, 0.5) is 0 Å². The van der Waals surface area contributed by atoms with Gasteiger partial charge in [0.15, 0.2) is 0 Å². The third-order valence-electron chi connectivity index (χ3n) is 3.29. The van der Waals surface area contributed by atoms with Gasteiger partial charge in [0.25, 0.3) is 0 Å². The van der Waals surface area contributed by atoms with Gasteiger partial charge in [-0.25, -0.2) is 0 Å². The van der Waals surface area contributed by atoms with E-state index < -0.39 is 0 Å². The summed E-state index contributed by atoms with van der Waals surface area (Å²) in [5, 5.41) is 3.43. The first-order valence-corrected chi connectivity index (χ1v) is 5.00. The van der Waals surface area contributed by atoms with Crippen LogP contribution in [0.25, 0.3) is 0 Å². The van der Waals surface area contributed by atoms with Gasteiger partial charge in [-0.2, -0.15) is 0 Å². The highest BCUT2D eigenvalue weighted by molar-refractivity contribution is 4.98. The SMILES string of the molecule is CNC1C(C)CC=C[C@H](C)C1C. The lowest BCUT2D eigenvalue weighted by Gasteiger charge is -2.29. The monoisotopic (exact) mass is 167 g/mol. The van der Waals surface area contributed by atoms with Crippen LogP contribution in [0.1, 0.15) is 27.2 Å². The second-order valence-electron chi connectivity index (χ2n) is 4.17. The van der Waals surface area contributed by atoms with Crippen molar-refractivity contribution in [1.29, 1.82) is 0 Å². The van der Waals surface area contributed by atoms with E-state index in [1.165, 1.54) is 6.42 Å². The maximum atomic E-state index is 3.43. The molecule has 70 valence electrons. The first-order valence-electron chi connectivity index (χ1n) is 5.00. The number of allylic oxidation sites excluding steroid dienone is 2. The van der Waals surface area contributed by atoms with E-state index in [0.29, 0.717) is 12.0 Å². The zero-order valence-electron chi connectivity index (χ0n) is 8.67. The minimum atomic E-state index is 0.676. The van der Waals surface area contributed by atoms with Gasteiger partial charge in [0.2, 0.25) is 0 Å². The van der Waals surface area contributed by atoms with Crippen LogP contribution in [0.15, 0.2) is 12.2 Å². The van der Waals surface area contributed by atoms with Crippen molar-refractivity contribution in [1.82, 2.24) is 5.32 Å². The summed E-state index contributed by atoms with van der Waals surface area (Å²) in [4.78, 5) is 0. The van der Waals surface area contributed by atoms with Crippen molar-refractivity contribution >= 4 is 0 Å². The van der Waals surface area contributed by atoms with E-state index in [1.807, 2.05) is 0 Å². The third-order valence-corrected chi connectivity index (χ3v) is 3.29. The molecule has 0 aliphatic heterocycles. The molecule has 1 aliphatic rings. The van der Waals surface area contributed by atoms with Crippen molar-refractivity contribution in [2.75, 3.05) is 7.05 Å².